The Labute approximate surface area is 187 Å². The number of nitrogens with zero attached hydrogens (tertiary/aromatic N) is 2. The molecule has 0 aliphatic carbocycles. The van der Waals surface area contributed by atoms with Gasteiger partial charge in [-0.2, -0.15) is 0 Å². The predicted octanol–water partition coefficient (Wildman–Crippen LogP) is 4.90. The van der Waals surface area contributed by atoms with Crippen molar-refractivity contribution in [1.29, 1.82) is 0 Å². The Morgan fingerprint density at radius 3 is 2.32 bits per heavy atom. The van der Waals surface area contributed by atoms with Crippen molar-refractivity contribution in [2.45, 2.75) is 20.8 Å². The summed E-state index contributed by atoms with van der Waals surface area (Å²) in [5.41, 5.74) is 3.90. The van der Waals surface area contributed by atoms with E-state index in [1.54, 1.807) is 26.2 Å². The number of hydrogen-bond donors (Lipinski definition) is 0. The largest absolute Gasteiger partial charge is 0.493 e. The minimum Gasteiger partial charge on any atom is -0.493 e. The Bertz CT molecular complexity index is 1060. The molecule has 1 aromatic heterocycles. The van der Waals surface area contributed by atoms with E-state index in [9.17, 15) is 4.79 Å². The van der Waals surface area contributed by atoms with Crippen molar-refractivity contribution in [2.24, 2.45) is 0 Å². The molecule has 0 fully saturated rings. The average Bonchev–Trinajstić information content (AvgIpc) is 3.13. The van der Waals surface area contributed by atoms with E-state index in [0.29, 0.717) is 35.2 Å². The number of carbonyl (C=O) groups excluding carboxylic acids is 1. The molecule has 0 atom stereocenters. The highest BCUT2D eigenvalue weighted by Gasteiger charge is 2.20. The summed E-state index contributed by atoms with van der Waals surface area (Å²) < 4.78 is 16.5. The molecular formula is C24H28N2O4S. The number of methoxy groups -OCH3 is 2. The van der Waals surface area contributed by atoms with E-state index < -0.39 is 0 Å². The zero-order chi connectivity index (χ0) is 22.5. The number of aromatic nitrogens is 1. The molecule has 0 unspecified atom stereocenters. The fraction of sp³-hybridized carbons (Fsp3) is 0.333. The summed E-state index contributed by atoms with van der Waals surface area (Å²) in [5, 5.41) is 0.765. The van der Waals surface area contributed by atoms with Crippen LogP contribution in [0.3, 0.4) is 0 Å². The highest BCUT2D eigenvalue weighted by atomic mass is 32.1. The molecule has 164 valence electrons. The fourth-order valence-corrected chi connectivity index (χ4v) is 4.34. The van der Waals surface area contributed by atoms with Gasteiger partial charge < -0.3 is 19.1 Å². The summed E-state index contributed by atoms with van der Waals surface area (Å²) in [5.74, 6) is 2.04. The van der Waals surface area contributed by atoms with Crippen LogP contribution in [0.4, 0.5) is 0 Å². The van der Waals surface area contributed by atoms with Gasteiger partial charge in [-0.15, -0.1) is 11.3 Å². The summed E-state index contributed by atoms with van der Waals surface area (Å²) in [6.45, 7) is 6.84. The van der Waals surface area contributed by atoms with Crippen LogP contribution in [-0.2, 0) is 0 Å². The van der Waals surface area contributed by atoms with Crippen LogP contribution in [0.2, 0.25) is 0 Å². The van der Waals surface area contributed by atoms with Gasteiger partial charge in [0.25, 0.3) is 5.91 Å². The van der Waals surface area contributed by atoms with Crippen LogP contribution in [0.15, 0.2) is 36.4 Å². The first-order valence-corrected chi connectivity index (χ1v) is 10.8. The topological polar surface area (TPSA) is 60.9 Å². The zero-order valence-corrected chi connectivity index (χ0v) is 19.6. The van der Waals surface area contributed by atoms with Crippen molar-refractivity contribution in [3.63, 3.8) is 0 Å². The highest BCUT2D eigenvalue weighted by Crippen LogP contribution is 2.35. The molecule has 0 saturated carbocycles. The maximum Gasteiger partial charge on any atom is 0.265 e. The van der Waals surface area contributed by atoms with Crippen LogP contribution in [-0.4, -0.2) is 50.2 Å². The number of benzene rings is 2. The van der Waals surface area contributed by atoms with Crippen molar-refractivity contribution in [1.82, 2.24) is 9.88 Å². The number of amides is 1. The molecule has 0 aliphatic rings. The number of thiazole rings is 1. The summed E-state index contributed by atoms with van der Waals surface area (Å²) in [6, 6.07) is 11.7. The van der Waals surface area contributed by atoms with Gasteiger partial charge in [-0.25, -0.2) is 4.98 Å². The molecule has 3 aromatic rings. The Morgan fingerprint density at radius 2 is 1.68 bits per heavy atom. The van der Waals surface area contributed by atoms with Gasteiger partial charge in [-0.05, 0) is 62.2 Å². The summed E-state index contributed by atoms with van der Waals surface area (Å²) in [4.78, 5) is 19.9. The number of carbonyl (C=O) groups is 1. The lowest BCUT2D eigenvalue weighted by Crippen LogP contribution is -2.30. The smallest absolute Gasteiger partial charge is 0.265 e. The van der Waals surface area contributed by atoms with Gasteiger partial charge in [0.2, 0.25) is 0 Å². The van der Waals surface area contributed by atoms with E-state index in [1.807, 2.05) is 51.1 Å². The Hall–Kier alpha value is -3.06. The van der Waals surface area contributed by atoms with Crippen molar-refractivity contribution >= 4 is 17.2 Å². The van der Waals surface area contributed by atoms with Gasteiger partial charge in [0, 0.05) is 12.6 Å². The second kappa shape index (κ2) is 9.83. The van der Waals surface area contributed by atoms with E-state index >= 15 is 0 Å². The third-order valence-electron chi connectivity index (χ3n) is 4.86. The lowest BCUT2D eigenvalue weighted by atomic mass is 10.1. The van der Waals surface area contributed by atoms with Gasteiger partial charge in [0.1, 0.15) is 22.2 Å². The maximum atomic E-state index is 13.0. The molecule has 7 heteroatoms. The highest BCUT2D eigenvalue weighted by molar-refractivity contribution is 7.17. The zero-order valence-electron chi connectivity index (χ0n) is 18.8. The molecule has 2 aromatic carbocycles. The van der Waals surface area contributed by atoms with E-state index in [4.69, 9.17) is 14.2 Å². The number of hydrogen-bond acceptors (Lipinski definition) is 6. The molecule has 0 spiro atoms. The molecule has 1 amide bonds. The van der Waals surface area contributed by atoms with Gasteiger partial charge in [-0.3, -0.25) is 4.79 Å². The lowest BCUT2D eigenvalue weighted by molar-refractivity contribution is 0.0777. The van der Waals surface area contributed by atoms with Gasteiger partial charge in [0.15, 0.2) is 11.5 Å². The van der Waals surface area contributed by atoms with Gasteiger partial charge >= 0.3 is 0 Å². The molecule has 6 nitrogen and oxygen atoms in total. The van der Waals surface area contributed by atoms with E-state index in [1.165, 1.54) is 11.3 Å². The molecular weight excluding hydrogens is 412 g/mol. The van der Waals surface area contributed by atoms with E-state index in [2.05, 4.69) is 11.1 Å². The van der Waals surface area contributed by atoms with Crippen LogP contribution in [0, 0.1) is 20.8 Å². The van der Waals surface area contributed by atoms with Gasteiger partial charge in [-0.1, -0.05) is 6.07 Å². The molecule has 31 heavy (non-hydrogen) atoms. The van der Waals surface area contributed by atoms with Crippen LogP contribution in [0.25, 0.3) is 10.6 Å². The van der Waals surface area contributed by atoms with Crippen LogP contribution >= 0.6 is 11.3 Å². The number of likely N-dealkylation sites (N-methyl/N-ethyl adjacent to an activating group) is 1. The Balaban J connectivity index is 1.68. The third-order valence-corrected chi connectivity index (χ3v) is 6.05. The first-order valence-electron chi connectivity index (χ1n) is 9.98. The van der Waals surface area contributed by atoms with Crippen LogP contribution < -0.4 is 14.2 Å². The van der Waals surface area contributed by atoms with Crippen LogP contribution in [0.1, 0.15) is 26.5 Å². The monoisotopic (exact) mass is 440 g/mol. The lowest BCUT2D eigenvalue weighted by Gasteiger charge is -2.17. The third kappa shape index (κ3) is 5.35. The van der Waals surface area contributed by atoms with Crippen molar-refractivity contribution in [3.8, 4) is 27.8 Å². The SMILES string of the molecule is COc1ccc(-c2nc(C)c(C(=O)N(C)CCOc3cc(C)cc(C)c3)s2)cc1OC. The van der Waals surface area contributed by atoms with E-state index in [-0.39, 0.29) is 5.91 Å². The fourth-order valence-electron chi connectivity index (χ4n) is 3.28. The molecule has 3 rings (SSSR count). The standard InChI is InChI=1S/C24H28N2O4S/c1-15-11-16(2)13-19(12-15)30-10-9-26(4)24(27)22-17(3)25-23(31-22)18-7-8-20(28-5)21(14-18)29-6/h7-8,11-14H,9-10H2,1-6H3. The normalized spacial score (nSPS) is 10.6. The van der Waals surface area contributed by atoms with Crippen molar-refractivity contribution in [3.05, 3.63) is 58.1 Å². The van der Waals surface area contributed by atoms with Gasteiger partial charge in [0.05, 0.1) is 26.5 Å². The number of ether oxygens (including phenoxy) is 3. The first-order chi connectivity index (χ1) is 14.8. The summed E-state index contributed by atoms with van der Waals surface area (Å²) in [7, 11) is 4.97. The molecule has 0 radical (unpaired) electrons. The molecule has 0 bridgehead atoms. The second-order valence-corrected chi connectivity index (χ2v) is 8.40. The molecule has 0 aliphatic heterocycles. The Morgan fingerprint density at radius 1 is 1.00 bits per heavy atom. The number of rotatable bonds is 8. The summed E-state index contributed by atoms with van der Waals surface area (Å²) in [6.07, 6.45) is 0. The minimum absolute atomic E-state index is 0.0641. The molecule has 0 N–H and O–H groups in total. The molecule has 0 saturated heterocycles. The first kappa shape index (κ1) is 22.6. The van der Waals surface area contributed by atoms with Crippen LogP contribution in [0.5, 0.6) is 17.2 Å². The second-order valence-electron chi connectivity index (χ2n) is 7.40. The van der Waals surface area contributed by atoms with Crippen molar-refractivity contribution in [2.75, 3.05) is 34.4 Å². The Kier molecular flexibility index (Phi) is 7.17. The van der Waals surface area contributed by atoms with E-state index in [0.717, 1.165) is 27.4 Å². The summed E-state index contributed by atoms with van der Waals surface area (Å²) >= 11 is 1.38. The number of aryl methyl sites for hydroxylation is 3. The minimum atomic E-state index is -0.0641. The maximum absolute atomic E-state index is 13.0. The van der Waals surface area contributed by atoms with Crippen molar-refractivity contribution < 1.29 is 19.0 Å². The quantitative estimate of drug-likeness (QED) is 0.498. The molecule has 1 heterocycles. The average molecular weight is 441 g/mol. The predicted molar refractivity (Wildman–Crippen MR) is 124 cm³/mol.